The smallest absolute Gasteiger partial charge is 0.133 e. The van der Waals surface area contributed by atoms with Crippen molar-refractivity contribution < 1.29 is 4.74 Å². The van der Waals surface area contributed by atoms with Crippen molar-refractivity contribution >= 4 is 10.9 Å². The van der Waals surface area contributed by atoms with Crippen molar-refractivity contribution in [1.29, 1.82) is 0 Å². The summed E-state index contributed by atoms with van der Waals surface area (Å²) in [4.78, 5) is 0. The number of ether oxygens (including phenoxy) is 1. The van der Waals surface area contributed by atoms with Gasteiger partial charge in [0, 0.05) is 12.8 Å². The molecule has 78 valence electrons. The van der Waals surface area contributed by atoms with Crippen LogP contribution in [0.5, 0.6) is 0 Å². The molecule has 15 heavy (non-hydrogen) atoms. The molecule has 0 bridgehead atoms. The second kappa shape index (κ2) is 3.70. The molecule has 1 aromatic heterocycles. The van der Waals surface area contributed by atoms with Crippen LogP contribution >= 0.6 is 0 Å². The third-order valence-corrected chi connectivity index (χ3v) is 3.10. The quantitative estimate of drug-likeness (QED) is 0.690. The van der Waals surface area contributed by atoms with Crippen molar-refractivity contribution in [3.05, 3.63) is 36.5 Å². The van der Waals surface area contributed by atoms with Gasteiger partial charge in [0.15, 0.2) is 0 Å². The van der Waals surface area contributed by atoms with E-state index in [1.54, 1.807) is 0 Å². The summed E-state index contributed by atoms with van der Waals surface area (Å²) in [5.74, 6) is 0. The maximum absolute atomic E-state index is 5.79. The molecule has 0 amide bonds. The van der Waals surface area contributed by atoms with Crippen LogP contribution in [-0.2, 0) is 4.74 Å². The van der Waals surface area contributed by atoms with E-state index in [9.17, 15) is 0 Å². The number of hydrogen-bond acceptors (Lipinski definition) is 1. The summed E-state index contributed by atoms with van der Waals surface area (Å²) < 4.78 is 8.05. The lowest BCUT2D eigenvalue weighted by atomic mass is 10.2. The van der Waals surface area contributed by atoms with Crippen molar-refractivity contribution in [3.63, 3.8) is 0 Å². The van der Waals surface area contributed by atoms with Crippen molar-refractivity contribution in [2.75, 3.05) is 6.61 Å². The summed E-state index contributed by atoms with van der Waals surface area (Å²) in [7, 11) is 0. The summed E-state index contributed by atoms with van der Waals surface area (Å²) in [6.45, 7) is 0.900. The fourth-order valence-corrected chi connectivity index (χ4v) is 2.30. The van der Waals surface area contributed by atoms with Gasteiger partial charge in [-0.2, -0.15) is 0 Å². The SMILES string of the molecule is c1ccc2c(c1)ccn2[C@H]1CCCCO1. The van der Waals surface area contributed by atoms with E-state index in [2.05, 4.69) is 41.1 Å². The Bertz CT molecular complexity index is 454. The molecule has 1 fully saturated rings. The van der Waals surface area contributed by atoms with Gasteiger partial charge in [-0.1, -0.05) is 18.2 Å². The Balaban J connectivity index is 2.02. The van der Waals surface area contributed by atoms with Gasteiger partial charge in [-0.25, -0.2) is 0 Å². The Kier molecular flexibility index (Phi) is 2.22. The van der Waals surface area contributed by atoms with Crippen molar-refractivity contribution in [2.45, 2.75) is 25.5 Å². The first-order valence-electron chi connectivity index (χ1n) is 5.62. The molecule has 1 aromatic carbocycles. The predicted molar refractivity (Wildman–Crippen MR) is 60.8 cm³/mol. The van der Waals surface area contributed by atoms with E-state index in [1.807, 2.05) is 0 Å². The van der Waals surface area contributed by atoms with Crippen LogP contribution in [0.3, 0.4) is 0 Å². The van der Waals surface area contributed by atoms with Crippen LogP contribution in [0.2, 0.25) is 0 Å². The van der Waals surface area contributed by atoms with E-state index < -0.39 is 0 Å². The highest BCUT2D eigenvalue weighted by Crippen LogP contribution is 2.27. The number of hydrogen-bond donors (Lipinski definition) is 0. The van der Waals surface area contributed by atoms with E-state index in [1.165, 1.54) is 23.7 Å². The fourth-order valence-electron chi connectivity index (χ4n) is 2.30. The summed E-state index contributed by atoms with van der Waals surface area (Å²) >= 11 is 0. The average molecular weight is 201 g/mol. The lowest BCUT2D eigenvalue weighted by Gasteiger charge is -2.24. The van der Waals surface area contributed by atoms with Gasteiger partial charge in [0.05, 0.1) is 5.52 Å². The molecule has 2 aromatic rings. The standard InChI is InChI=1S/C13H15NO/c1-2-6-12-11(5-1)8-9-14(12)13-7-3-4-10-15-13/h1-2,5-6,8-9,13H,3-4,7,10H2/t13-/m1/s1. The van der Waals surface area contributed by atoms with Crippen LogP contribution in [-0.4, -0.2) is 11.2 Å². The zero-order valence-corrected chi connectivity index (χ0v) is 8.73. The first kappa shape index (κ1) is 8.98. The van der Waals surface area contributed by atoms with Crippen LogP contribution in [0.15, 0.2) is 36.5 Å². The average Bonchev–Trinajstić information content (AvgIpc) is 2.74. The first-order chi connectivity index (χ1) is 7.45. The monoisotopic (exact) mass is 201 g/mol. The summed E-state index contributed by atoms with van der Waals surface area (Å²) in [5.41, 5.74) is 1.28. The Hall–Kier alpha value is -1.28. The highest BCUT2D eigenvalue weighted by Gasteiger charge is 2.16. The van der Waals surface area contributed by atoms with Gasteiger partial charge in [-0.05, 0) is 36.8 Å². The molecular weight excluding hydrogens is 186 g/mol. The van der Waals surface area contributed by atoms with Crippen LogP contribution in [0.4, 0.5) is 0 Å². The molecule has 1 atom stereocenters. The third-order valence-electron chi connectivity index (χ3n) is 3.10. The van der Waals surface area contributed by atoms with Crippen LogP contribution in [0.1, 0.15) is 25.5 Å². The number of fused-ring (bicyclic) bond motifs is 1. The fraction of sp³-hybridized carbons (Fsp3) is 0.385. The van der Waals surface area contributed by atoms with E-state index in [-0.39, 0.29) is 6.23 Å². The zero-order chi connectivity index (χ0) is 10.1. The Morgan fingerprint density at radius 3 is 2.93 bits per heavy atom. The topological polar surface area (TPSA) is 14.2 Å². The number of benzene rings is 1. The van der Waals surface area contributed by atoms with Gasteiger partial charge >= 0.3 is 0 Å². The van der Waals surface area contributed by atoms with E-state index in [0.717, 1.165) is 13.0 Å². The second-order valence-corrected chi connectivity index (χ2v) is 4.10. The minimum absolute atomic E-state index is 0.249. The molecule has 0 radical (unpaired) electrons. The van der Waals surface area contributed by atoms with Gasteiger partial charge in [0.25, 0.3) is 0 Å². The van der Waals surface area contributed by atoms with E-state index in [4.69, 9.17) is 4.74 Å². The first-order valence-corrected chi connectivity index (χ1v) is 5.62. The Morgan fingerprint density at radius 1 is 1.13 bits per heavy atom. The van der Waals surface area contributed by atoms with Crippen molar-refractivity contribution in [1.82, 2.24) is 4.57 Å². The highest BCUT2D eigenvalue weighted by atomic mass is 16.5. The third kappa shape index (κ3) is 1.55. The summed E-state index contributed by atoms with van der Waals surface area (Å²) in [6.07, 6.45) is 6.00. The molecule has 0 aliphatic carbocycles. The second-order valence-electron chi connectivity index (χ2n) is 4.10. The van der Waals surface area contributed by atoms with Crippen LogP contribution in [0, 0.1) is 0 Å². The molecule has 0 saturated carbocycles. The zero-order valence-electron chi connectivity index (χ0n) is 8.73. The molecule has 3 rings (SSSR count). The minimum atomic E-state index is 0.249. The Labute approximate surface area is 89.5 Å². The van der Waals surface area contributed by atoms with Gasteiger partial charge in [0.2, 0.25) is 0 Å². The molecule has 0 unspecified atom stereocenters. The number of nitrogens with zero attached hydrogens (tertiary/aromatic N) is 1. The number of rotatable bonds is 1. The van der Waals surface area contributed by atoms with Gasteiger partial charge < -0.3 is 9.30 Å². The maximum Gasteiger partial charge on any atom is 0.133 e. The van der Waals surface area contributed by atoms with Gasteiger partial charge in [-0.3, -0.25) is 0 Å². The molecule has 1 aliphatic heterocycles. The minimum Gasteiger partial charge on any atom is -0.358 e. The molecule has 2 heteroatoms. The lowest BCUT2D eigenvalue weighted by Crippen LogP contribution is -2.17. The number of aromatic nitrogens is 1. The van der Waals surface area contributed by atoms with E-state index in [0.29, 0.717) is 0 Å². The molecule has 2 nitrogen and oxygen atoms in total. The van der Waals surface area contributed by atoms with Gasteiger partial charge in [0.1, 0.15) is 6.23 Å². The Morgan fingerprint density at radius 2 is 2.07 bits per heavy atom. The summed E-state index contributed by atoms with van der Waals surface area (Å²) in [5, 5.41) is 1.30. The lowest BCUT2D eigenvalue weighted by molar-refractivity contribution is -0.0291. The van der Waals surface area contributed by atoms with Crippen LogP contribution in [0.25, 0.3) is 10.9 Å². The molecule has 0 spiro atoms. The largest absolute Gasteiger partial charge is 0.358 e. The highest BCUT2D eigenvalue weighted by molar-refractivity contribution is 5.80. The molecule has 2 heterocycles. The normalized spacial score (nSPS) is 22.0. The summed E-state index contributed by atoms with van der Waals surface area (Å²) in [6, 6.07) is 10.6. The van der Waals surface area contributed by atoms with Gasteiger partial charge in [-0.15, -0.1) is 0 Å². The molecule has 0 N–H and O–H groups in total. The molecule has 1 saturated heterocycles. The number of para-hydroxylation sites is 1. The maximum atomic E-state index is 5.79. The van der Waals surface area contributed by atoms with Crippen LogP contribution < -0.4 is 0 Å². The van der Waals surface area contributed by atoms with Crippen molar-refractivity contribution in [3.8, 4) is 0 Å². The molecular formula is C13H15NO. The molecule has 1 aliphatic rings. The van der Waals surface area contributed by atoms with E-state index >= 15 is 0 Å². The van der Waals surface area contributed by atoms with Crippen molar-refractivity contribution in [2.24, 2.45) is 0 Å². The predicted octanol–water partition coefficient (Wildman–Crippen LogP) is 3.34.